The summed E-state index contributed by atoms with van der Waals surface area (Å²) in [7, 11) is 0. The quantitative estimate of drug-likeness (QED) is 0.380. The van der Waals surface area contributed by atoms with E-state index < -0.39 is 5.97 Å². The summed E-state index contributed by atoms with van der Waals surface area (Å²) in [5.74, 6) is -1.03. The van der Waals surface area contributed by atoms with Crippen molar-refractivity contribution in [3.8, 4) is 0 Å². The first kappa shape index (κ1) is 23.6. The molecule has 166 valence electrons. The summed E-state index contributed by atoms with van der Waals surface area (Å²) < 4.78 is 6.62. The molecule has 0 radical (unpaired) electrons. The van der Waals surface area contributed by atoms with Crippen molar-refractivity contribution in [1.29, 1.82) is 0 Å². The number of ether oxygens (including phenoxy) is 1. The molecule has 1 amide bonds. The third kappa shape index (κ3) is 6.45. The van der Waals surface area contributed by atoms with Gasteiger partial charge < -0.3 is 10.1 Å². The fourth-order valence-corrected chi connectivity index (χ4v) is 3.44. The SMILES string of the molecule is Cc1ccc(CNC(=O)COC(=O)C=Cc2c(C)nn(Cc3ccccc3Cl)c2Cl)cc1. The second-order valence-corrected chi connectivity index (χ2v) is 8.01. The molecule has 8 heteroatoms. The Hall–Kier alpha value is -3.09. The lowest BCUT2D eigenvalue weighted by Gasteiger charge is -2.06. The van der Waals surface area contributed by atoms with Gasteiger partial charge in [0.25, 0.3) is 5.91 Å². The van der Waals surface area contributed by atoms with Crippen molar-refractivity contribution in [1.82, 2.24) is 15.1 Å². The van der Waals surface area contributed by atoms with Crippen molar-refractivity contribution in [3.05, 3.63) is 92.7 Å². The van der Waals surface area contributed by atoms with Crippen LogP contribution < -0.4 is 5.32 Å². The van der Waals surface area contributed by atoms with Crippen LogP contribution in [0.2, 0.25) is 10.2 Å². The highest BCUT2D eigenvalue weighted by Crippen LogP contribution is 2.24. The third-order valence-corrected chi connectivity index (χ3v) is 5.50. The van der Waals surface area contributed by atoms with Gasteiger partial charge in [-0.3, -0.25) is 4.79 Å². The smallest absolute Gasteiger partial charge is 0.331 e. The molecular weight excluding hydrogens is 449 g/mol. The van der Waals surface area contributed by atoms with Gasteiger partial charge in [-0.15, -0.1) is 0 Å². The topological polar surface area (TPSA) is 73.2 Å². The highest BCUT2D eigenvalue weighted by atomic mass is 35.5. The van der Waals surface area contributed by atoms with Crippen molar-refractivity contribution in [2.24, 2.45) is 0 Å². The molecule has 1 aromatic heterocycles. The van der Waals surface area contributed by atoms with Crippen LogP contribution in [0.4, 0.5) is 0 Å². The lowest BCUT2D eigenvalue weighted by molar-refractivity contribution is -0.143. The van der Waals surface area contributed by atoms with E-state index in [1.54, 1.807) is 17.7 Å². The number of carbonyl (C=O) groups is 2. The number of nitrogens with zero attached hydrogens (tertiary/aromatic N) is 2. The van der Waals surface area contributed by atoms with Crippen LogP contribution in [0.15, 0.2) is 54.6 Å². The van der Waals surface area contributed by atoms with E-state index in [0.717, 1.165) is 16.7 Å². The Bertz CT molecular complexity index is 1140. The molecule has 3 aromatic rings. The Kier molecular flexibility index (Phi) is 8.09. The van der Waals surface area contributed by atoms with E-state index in [1.807, 2.05) is 49.4 Å². The largest absolute Gasteiger partial charge is 0.452 e. The summed E-state index contributed by atoms with van der Waals surface area (Å²) in [6.07, 6.45) is 2.75. The number of hydrogen-bond acceptors (Lipinski definition) is 4. The van der Waals surface area contributed by atoms with Crippen molar-refractivity contribution < 1.29 is 14.3 Å². The molecule has 0 atom stereocenters. The van der Waals surface area contributed by atoms with Crippen LogP contribution in [-0.2, 0) is 27.4 Å². The molecule has 3 rings (SSSR count). The number of nitrogens with one attached hydrogen (secondary N) is 1. The average Bonchev–Trinajstić information content (AvgIpc) is 3.04. The number of rotatable bonds is 8. The normalized spacial score (nSPS) is 11.0. The fraction of sp³-hybridized carbons (Fsp3) is 0.208. The van der Waals surface area contributed by atoms with Gasteiger partial charge in [-0.25, -0.2) is 9.48 Å². The number of amides is 1. The summed E-state index contributed by atoms with van der Waals surface area (Å²) >= 11 is 12.6. The van der Waals surface area contributed by atoms with Gasteiger partial charge in [0.05, 0.1) is 12.2 Å². The van der Waals surface area contributed by atoms with Crippen LogP contribution >= 0.6 is 23.2 Å². The Morgan fingerprint density at radius 1 is 1.09 bits per heavy atom. The third-order valence-electron chi connectivity index (χ3n) is 4.73. The minimum absolute atomic E-state index is 0.367. The first-order valence-corrected chi connectivity index (χ1v) is 10.7. The first-order chi connectivity index (χ1) is 15.3. The van der Waals surface area contributed by atoms with Gasteiger partial charge in [-0.05, 0) is 37.1 Å². The molecule has 0 fully saturated rings. The maximum Gasteiger partial charge on any atom is 0.331 e. The maximum absolute atomic E-state index is 12.0. The van der Waals surface area contributed by atoms with Crippen LogP contribution in [0.5, 0.6) is 0 Å². The second-order valence-electron chi connectivity index (χ2n) is 7.24. The molecule has 6 nitrogen and oxygen atoms in total. The fourth-order valence-electron chi connectivity index (χ4n) is 2.94. The zero-order valence-corrected chi connectivity index (χ0v) is 19.3. The zero-order chi connectivity index (χ0) is 23.1. The summed E-state index contributed by atoms with van der Waals surface area (Å²) in [6.45, 7) is 4.19. The molecular formula is C24H23Cl2N3O3. The molecule has 1 N–H and O–H groups in total. The monoisotopic (exact) mass is 471 g/mol. The molecule has 0 saturated carbocycles. The van der Waals surface area contributed by atoms with Crippen molar-refractivity contribution >= 4 is 41.2 Å². The number of halogens is 2. The van der Waals surface area contributed by atoms with Gasteiger partial charge in [0.1, 0.15) is 5.15 Å². The lowest BCUT2D eigenvalue weighted by Crippen LogP contribution is -2.28. The first-order valence-electron chi connectivity index (χ1n) is 9.97. The van der Waals surface area contributed by atoms with Crippen LogP contribution in [-0.4, -0.2) is 28.3 Å². The summed E-state index contributed by atoms with van der Waals surface area (Å²) in [4.78, 5) is 23.9. The zero-order valence-electron chi connectivity index (χ0n) is 17.8. The molecule has 32 heavy (non-hydrogen) atoms. The van der Waals surface area contributed by atoms with Crippen LogP contribution in [0.3, 0.4) is 0 Å². The van der Waals surface area contributed by atoms with E-state index in [0.29, 0.717) is 34.5 Å². The van der Waals surface area contributed by atoms with E-state index in [2.05, 4.69) is 10.4 Å². The minimum Gasteiger partial charge on any atom is -0.452 e. The summed E-state index contributed by atoms with van der Waals surface area (Å²) in [6, 6.07) is 15.2. The number of aromatic nitrogens is 2. The number of carbonyl (C=O) groups excluding carboxylic acids is 2. The molecule has 0 bridgehead atoms. The molecule has 0 aliphatic rings. The van der Waals surface area contributed by atoms with Gasteiger partial charge >= 0.3 is 5.97 Å². The van der Waals surface area contributed by atoms with Crippen LogP contribution in [0.25, 0.3) is 6.08 Å². The highest BCUT2D eigenvalue weighted by molar-refractivity contribution is 6.32. The summed E-state index contributed by atoms with van der Waals surface area (Å²) in [5.41, 5.74) is 4.24. The van der Waals surface area contributed by atoms with Crippen molar-refractivity contribution in [2.45, 2.75) is 26.9 Å². The molecule has 0 saturated heterocycles. The molecule has 0 unspecified atom stereocenters. The molecule has 0 spiro atoms. The standard InChI is InChI=1S/C24H23Cl2N3O3/c1-16-7-9-18(10-8-16)13-27-22(30)15-32-23(31)12-11-20-17(2)28-29(24(20)26)14-19-5-3-4-6-21(19)25/h3-12H,13-15H2,1-2H3,(H,27,30). The molecule has 0 aliphatic heterocycles. The van der Waals surface area contributed by atoms with E-state index in [1.165, 1.54) is 12.2 Å². The highest BCUT2D eigenvalue weighted by Gasteiger charge is 2.13. The molecule has 0 aliphatic carbocycles. The number of benzene rings is 2. The van der Waals surface area contributed by atoms with Crippen molar-refractivity contribution in [3.63, 3.8) is 0 Å². The average molecular weight is 472 g/mol. The Balaban J connectivity index is 1.52. The van der Waals surface area contributed by atoms with E-state index in [4.69, 9.17) is 27.9 Å². The summed E-state index contributed by atoms with van der Waals surface area (Å²) in [5, 5.41) is 8.13. The van der Waals surface area contributed by atoms with E-state index >= 15 is 0 Å². The van der Waals surface area contributed by atoms with Crippen LogP contribution in [0.1, 0.15) is 27.9 Å². The Labute approximate surface area is 196 Å². The number of esters is 1. The van der Waals surface area contributed by atoms with Gasteiger partial charge in [-0.2, -0.15) is 5.10 Å². The Morgan fingerprint density at radius 3 is 2.53 bits per heavy atom. The van der Waals surface area contributed by atoms with Gasteiger partial charge in [0.2, 0.25) is 0 Å². The van der Waals surface area contributed by atoms with E-state index in [9.17, 15) is 9.59 Å². The van der Waals surface area contributed by atoms with Gasteiger partial charge in [-0.1, -0.05) is 71.2 Å². The molecule has 2 aromatic carbocycles. The minimum atomic E-state index is -0.648. The Morgan fingerprint density at radius 2 is 1.81 bits per heavy atom. The number of hydrogen-bond donors (Lipinski definition) is 1. The van der Waals surface area contributed by atoms with Crippen molar-refractivity contribution in [2.75, 3.05) is 6.61 Å². The maximum atomic E-state index is 12.0. The van der Waals surface area contributed by atoms with Gasteiger partial charge in [0, 0.05) is 23.2 Å². The lowest BCUT2D eigenvalue weighted by atomic mass is 10.1. The van der Waals surface area contributed by atoms with E-state index in [-0.39, 0.29) is 12.5 Å². The second kappa shape index (κ2) is 11.0. The van der Waals surface area contributed by atoms with Crippen LogP contribution in [0, 0.1) is 13.8 Å². The predicted octanol–water partition coefficient (Wildman–Crippen LogP) is 4.73. The van der Waals surface area contributed by atoms with Gasteiger partial charge in [0.15, 0.2) is 6.61 Å². The molecule has 1 heterocycles. The number of aryl methyl sites for hydroxylation is 2. The predicted molar refractivity (Wildman–Crippen MR) is 126 cm³/mol.